The Balaban J connectivity index is 1.47. The van der Waals surface area contributed by atoms with Crippen LogP contribution in [0.1, 0.15) is 41.6 Å². The first-order valence-electron chi connectivity index (χ1n) is 9.73. The third kappa shape index (κ3) is 4.22. The first kappa shape index (κ1) is 19.0. The number of hydrogen-bond acceptors (Lipinski definition) is 2. The monoisotopic (exact) mass is 388 g/mol. The molecule has 2 aliphatic rings. The van der Waals surface area contributed by atoms with Gasteiger partial charge in [0.05, 0.1) is 5.56 Å². The zero-order valence-corrected chi connectivity index (χ0v) is 15.5. The fraction of sp³-hybridized carbons (Fsp3) is 0.409. The molecule has 148 valence electrons. The number of alkyl halides is 3. The lowest BCUT2D eigenvalue weighted by Gasteiger charge is -2.32. The molecule has 0 atom stereocenters. The minimum atomic E-state index is -4.37. The highest BCUT2D eigenvalue weighted by Gasteiger charge is 2.32. The lowest BCUT2D eigenvalue weighted by Crippen LogP contribution is -2.45. The summed E-state index contributed by atoms with van der Waals surface area (Å²) in [6.07, 6.45) is 0.0786. The Morgan fingerprint density at radius 3 is 2.18 bits per heavy atom. The summed E-state index contributed by atoms with van der Waals surface area (Å²) in [5.41, 5.74) is 1.04. The summed E-state index contributed by atoms with van der Waals surface area (Å²) in [4.78, 5) is 15.4. The lowest BCUT2D eigenvalue weighted by atomic mass is 9.97. The summed E-state index contributed by atoms with van der Waals surface area (Å²) in [5.74, 6) is -0.166. The number of benzene rings is 2. The van der Waals surface area contributed by atoms with Crippen molar-refractivity contribution in [3.8, 4) is 11.1 Å². The minimum Gasteiger partial charge on any atom is -0.349 e. The second-order valence-electron chi connectivity index (χ2n) is 7.64. The molecule has 6 heteroatoms. The van der Waals surface area contributed by atoms with Gasteiger partial charge in [0.1, 0.15) is 0 Å². The normalized spacial score (nSPS) is 18.8. The molecule has 0 unspecified atom stereocenters. The number of carbonyl (C=O) groups excluding carboxylic acids is 1. The van der Waals surface area contributed by atoms with Crippen molar-refractivity contribution in [2.75, 3.05) is 13.1 Å². The topological polar surface area (TPSA) is 32.3 Å². The van der Waals surface area contributed by atoms with Gasteiger partial charge in [0.2, 0.25) is 0 Å². The fourth-order valence-electron chi connectivity index (χ4n) is 3.88. The number of halogens is 3. The molecule has 0 spiro atoms. The van der Waals surface area contributed by atoms with E-state index in [0.29, 0.717) is 16.7 Å². The van der Waals surface area contributed by atoms with E-state index in [1.807, 2.05) is 0 Å². The fourth-order valence-corrected chi connectivity index (χ4v) is 3.88. The molecule has 4 rings (SSSR count). The molecule has 0 bridgehead atoms. The van der Waals surface area contributed by atoms with Gasteiger partial charge in [-0.3, -0.25) is 4.79 Å². The van der Waals surface area contributed by atoms with Crippen molar-refractivity contribution in [3.63, 3.8) is 0 Å². The molecule has 1 N–H and O–H groups in total. The summed E-state index contributed by atoms with van der Waals surface area (Å²) in [6.45, 7) is 2.02. The molecule has 2 fully saturated rings. The van der Waals surface area contributed by atoms with Gasteiger partial charge in [-0.25, -0.2) is 0 Å². The van der Waals surface area contributed by atoms with Gasteiger partial charge >= 0.3 is 6.18 Å². The van der Waals surface area contributed by atoms with Gasteiger partial charge in [0.25, 0.3) is 5.91 Å². The number of nitrogens with zero attached hydrogens (tertiary/aromatic N) is 1. The summed E-state index contributed by atoms with van der Waals surface area (Å²) in [6, 6.07) is 12.9. The van der Waals surface area contributed by atoms with Gasteiger partial charge in [0.15, 0.2) is 0 Å². The predicted molar refractivity (Wildman–Crippen MR) is 102 cm³/mol. The molecule has 28 heavy (non-hydrogen) atoms. The van der Waals surface area contributed by atoms with Crippen LogP contribution >= 0.6 is 0 Å². The number of amides is 1. The zero-order valence-electron chi connectivity index (χ0n) is 15.5. The van der Waals surface area contributed by atoms with Crippen LogP contribution in [0.15, 0.2) is 48.5 Å². The molecule has 0 aromatic heterocycles. The Bertz CT molecular complexity index is 836. The van der Waals surface area contributed by atoms with Crippen molar-refractivity contribution >= 4 is 5.91 Å². The molecule has 1 aliphatic carbocycles. The van der Waals surface area contributed by atoms with Crippen LogP contribution in [0, 0.1) is 0 Å². The van der Waals surface area contributed by atoms with Crippen LogP contribution < -0.4 is 5.32 Å². The molecule has 1 heterocycles. The van der Waals surface area contributed by atoms with Gasteiger partial charge in [-0.15, -0.1) is 0 Å². The van der Waals surface area contributed by atoms with E-state index in [2.05, 4.69) is 10.2 Å². The molecule has 2 aromatic rings. The Morgan fingerprint density at radius 1 is 0.929 bits per heavy atom. The van der Waals surface area contributed by atoms with Crippen LogP contribution in [0.5, 0.6) is 0 Å². The van der Waals surface area contributed by atoms with E-state index in [1.165, 1.54) is 25.0 Å². The summed E-state index contributed by atoms with van der Waals surface area (Å²) in [5, 5.41) is 3.12. The molecular formula is C22H23F3N2O. The summed E-state index contributed by atoms with van der Waals surface area (Å²) < 4.78 is 38.4. The molecule has 1 saturated carbocycles. The molecule has 1 saturated heterocycles. The highest BCUT2D eigenvalue weighted by molar-refractivity contribution is 6.01. The largest absolute Gasteiger partial charge is 0.416 e. The Morgan fingerprint density at radius 2 is 1.57 bits per heavy atom. The molecule has 0 radical (unpaired) electrons. The van der Waals surface area contributed by atoms with Crippen LogP contribution in [0.4, 0.5) is 13.2 Å². The van der Waals surface area contributed by atoms with E-state index >= 15 is 0 Å². The predicted octanol–water partition coefficient (Wildman–Crippen LogP) is 4.73. The van der Waals surface area contributed by atoms with E-state index in [1.54, 1.807) is 24.3 Å². The van der Waals surface area contributed by atoms with Crippen LogP contribution in [-0.2, 0) is 6.18 Å². The van der Waals surface area contributed by atoms with Crippen molar-refractivity contribution < 1.29 is 18.0 Å². The highest BCUT2D eigenvalue weighted by atomic mass is 19.4. The third-order valence-corrected chi connectivity index (χ3v) is 5.62. The van der Waals surface area contributed by atoms with Gasteiger partial charge in [-0.1, -0.05) is 30.3 Å². The van der Waals surface area contributed by atoms with E-state index in [0.717, 1.165) is 44.1 Å². The minimum absolute atomic E-state index is 0.142. The summed E-state index contributed by atoms with van der Waals surface area (Å²) in [7, 11) is 0. The van der Waals surface area contributed by atoms with Crippen LogP contribution in [0.25, 0.3) is 11.1 Å². The summed E-state index contributed by atoms with van der Waals surface area (Å²) >= 11 is 0. The van der Waals surface area contributed by atoms with Gasteiger partial charge in [-0.2, -0.15) is 13.2 Å². The number of carbonyl (C=O) groups is 1. The maximum Gasteiger partial charge on any atom is 0.416 e. The van der Waals surface area contributed by atoms with Crippen LogP contribution in [0.3, 0.4) is 0 Å². The zero-order chi connectivity index (χ0) is 19.7. The second-order valence-corrected chi connectivity index (χ2v) is 7.64. The first-order chi connectivity index (χ1) is 13.4. The Hall–Kier alpha value is -2.34. The van der Waals surface area contributed by atoms with Crippen molar-refractivity contribution in [1.82, 2.24) is 10.2 Å². The molecule has 1 amide bonds. The average Bonchev–Trinajstić information content (AvgIpc) is 3.53. The van der Waals surface area contributed by atoms with Gasteiger partial charge < -0.3 is 10.2 Å². The van der Waals surface area contributed by atoms with Crippen molar-refractivity contribution in [1.29, 1.82) is 0 Å². The third-order valence-electron chi connectivity index (χ3n) is 5.62. The van der Waals surface area contributed by atoms with Crippen molar-refractivity contribution in [3.05, 3.63) is 59.7 Å². The van der Waals surface area contributed by atoms with E-state index < -0.39 is 11.7 Å². The van der Waals surface area contributed by atoms with Crippen molar-refractivity contribution in [2.45, 2.75) is 43.9 Å². The average molecular weight is 388 g/mol. The lowest BCUT2D eigenvalue weighted by molar-refractivity contribution is -0.137. The smallest absolute Gasteiger partial charge is 0.349 e. The maximum atomic E-state index is 12.9. The standard InChI is InChI=1S/C22H23F3N2O/c23-22(24,25)16-7-5-15(6-8-16)19-3-1-2-4-20(19)21(28)26-17-11-13-27(14-12-17)18-9-10-18/h1-8,17-18H,9-14H2,(H,26,28). The van der Waals surface area contributed by atoms with E-state index in [-0.39, 0.29) is 11.9 Å². The van der Waals surface area contributed by atoms with Crippen LogP contribution in [0.2, 0.25) is 0 Å². The van der Waals surface area contributed by atoms with E-state index in [4.69, 9.17) is 0 Å². The SMILES string of the molecule is O=C(NC1CCN(C2CC2)CC1)c1ccccc1-c1ccc(C(F)(F)F)cc1. The second kappa shape index (κ2) is 7.59. The van der Waals surface area contributed by atoms with Gasteiger partial charge in [0, 0.05) is 30.7 Å². The van der Waals surface area contributed by atoms with Crippen LogP contribution in [-0.4, -0.2) is 36.0 Å². The number of piperidine rings is 1. The Kier molecular flexibility index (Phi) is 5.15. The number of rotatable bonds is 4. The first-order valence-corrected chi connectivity index (χ1v) is 9.73. The molecular weight excluding hydrogens is 365 g/mol. The number of nitrogens with one attached hydrogen (secondary N) is 1. The number of hydrogen-bond donors (Lipinski definition) is 1. The van der Waals surface area contributed by atoms with Crippen molar-refractivity contribution in [2.24, 2.45) is 0 Å². The molecule has 1 aliphatic heterocycles. The Labute approximate surface area is 162 Å². The highest BCUT2D eigenvalue weighted by Crippen LogP contribution is 2.32. The molecule has 3 nitrogen and oxygen atoms in total. The number of likely N-dealkylation sites (tertiary alicyclic amines) is 1. The van der Waals surface area contributed by atoms with Gasteiger partial charge in [-0.05, 0) is 55.0 Å². The molecule has 2 aromatic carbocycles. The maximum absolute atomic E-state index is 12.9. The quantitative estimate of drug-likeness (QED) is 0.821. The van der Waals surface area contributed by atoms with E-state index in [9.17, 15) is 18.0 Å².